The first-order chi connectivity index (χ1) is 9.39. The van der Waals surface area contributed by atoms with Crippen molar-refractivity contribution in [2.45, 2.75) is 72.8 Å². The van der Waals surface area contributed by atoms with Crippen molar-refractivity contribution in [3.8, 4) is 0 Å². The van der Waals surface area contributed by atoms with Crippen LogP contribution in [0.3, 0.4) is 0 Å². The number of carbonyl (C=O) groups excluding carboxylic acids is 1. The molecule has 0 aromatic rings. The summed E-state index contributed by atoms with van der Waals surface area (Å²) in [6.45, 7) is 10.2. The maximum Gasteiger partial charge on any atom is 0.234 e. The van der Waals surface area contributed by atoms with Gasteiger partial charge in [-0.15, -0.1) is 0 Å². The van der Waals surface area contributed by atoms with E-state index in [0.29, 0.717) is 18.8 Å². The van der Waals surface area contributed by atoms with Crippen molar-refractivity contribution in [2.75, 3.05) is 0 Å². The average Bonchev–Trinajstić information content (AvgIpc) is 2.42. The van der Waals surface area contributed by atoms with Crippen molar-refractivity contribution < 1.29 is 10.0 Å². The fourth-order valence-corrected chi connectivity index (χ4v) is 2.72. The summed E-state index contributed by atoms with van der Waals surface area (Å²) in [4.78, 5) is 12.7. The number of carbonyl (C=O) groups is 1. The number of nitrogens with zero attached hydrogens (tertiary/aromatic N) is 1. The van der Waals surface area contributed by atoms with E-state index in [-0.39, 0.29) is 17.8 Å². The summed E-state index contributed by atoms with van der Waals surface area (Å²) in [5, 5.41) is 15.3. The zero-order chi connectivity index (χ0) is 15.8. The molecule has 1 amide bonds. The highest BCUT2D eigenvalue weighted by atomic mass is 16.4. The molecular formula is C15H31N3O2. The summed E-state index contributed by atoms with van der Waals surface area (Å²) >= 11 is 0. The van der Waals surface area contributed by atoms with Crippen LogP contribution in [-0.4, -0.2) is 23.0 Å². The molecule has 0 fully saturated rings. The molecule has 0 bridgehead atoms. The molecule has 1 unspecified atom stereocenters. The Kier molecular flexibility index (Phi) is 8.26. The summed E-state index contributed by atoms with van der Waals surface area (Å²) in [6.07, 6.45) is 3.67. The second-order valence-electron chi connectivity index (χ2n) is 5.80. The van der Waals surface area contributed by atoms with E-state index in [1.807, 2.05) is 13.8 Å². The van der Waals surface area contributed by atoms with Gasteiger partial charge in [0.15, 0.2) is 5.84 Å². The van der Waals surface area contributed by atoms with Crippen LogP contribution < -0.4 is 11.1 Å². The van der Waals surface area contributed by atoms with E-state index in [4.69, 9.17) is 10.9 Å². The van der Waals surface area contributed by atoms with Gasteiger partial charge in [0.05, 0.1) is 0 Å². The number of rotatable bonds is 9. The molecule has 0 rings (SSSR count). The molecule has 0 aromatic carbocycles. The minimum Gasteiger partial charge on any atom is -0.409 e. The van der Waals surface area contributed by atoms with Crippen molar-refractivity contribution in [3.63, 3.8) is 0 Å². The van der Waals surface area contributed by atoms with Gasteiger partial charge in [-0.2, -0.15) is 0 Å². The van der Waals surface area contributed by atoms with Crippen LogP contribution in [0.25, 0.3) is 0 Å². The van der Waals surface area contributed by atoms with Crippen LogP contribution in [0.4, 0.5) is 0 Å². The lowest BCUT2D eigenvalue weighted by atomic mass is 9.76. The molecule has 4 N–H and O–H groups in total. The van der Waals surface area contributed by atoms with E-state index in [0.717, 1.165) is 19.3 Å². The minimum absolute atomic E-state index is 0.0253. The van der Waals surface area contributed by atoms with Crippen molar-refractivity contribution in [2.24, 2.45) is 22.2 Å². The predicted octanol–water partition coefficient (Wildman–Crippen LogP) is 2.87. The number of oxime groups is 1. The predicted molar refractivity (Wildman–Crippen MR) is 82.7 cm³/mol. The summed E-state index contributed by atoms with van der Waals surface area (Å²) in [5.41, 5.74) is 4.97. The lowest BCUT2D eigenvalue weighted by Crippen LogP contribution is -2.53. The molecule has 20 heavy (non-hydrogen) atoms. The van der Waals surface area contributed by atoms with Gasteiger partial charge in [0.2, 0.25) is 5.91 Å². The molecule has 0 spiro atoms. The van der Waals surface area contributed by atoms with Gasteiger partial charge in [-0.1, -0.05) is 52.6 Å². The normalized spacial score (nSPS) is 14.4. The van der Waals surface area contributed by atoms with Gasteiger partial charge in [-0.3, -0.25) is 4.79 Å². The van der Waals surface area contributed by atoms with Crippen LogP contribution in [0, 0.1) is 11.3 Å². The Balaban J connectivity index is 5.34. The Hall–Kier alpha value is -1.26. The summed E-state index contributed by atoms with van der Waals surface area (Å²) in [5.74, 6) is 0.270. The number of nitrogens with one attached hydrogen (secondary N) is 1. The van der Waals surface area contributed by atoms with Gasteiger partial charge in [0, 0.05) is 6.04 Å². The third-order valence-electron chi connectivity index (χ3n) is 3.95. The maximum absolute atomic E-state index is 12.7. The summed E-state index contributed by atoms with van der Waals surface area (Å²) in [7, 11) is 0. The van der Waals surface area contributed by atoms with Crippen molar-refractivity contribution in [1.82, 2.24) is 5.32 Å². The SMILES string of the molecule is CCCC(CCC)(C(=O)NC(CC)C(C)C)C(N)=NO. The Morgan fingerprint density at radius 1 is 1.25 bits per heavy atom. The molecule has 0 aromatic heterocycles. The van der Waals surface area contributed by atoms with Crippen LogP contribution in [0.5, 0.6) is 0 Å². The Morgan fingerprint density at radius 2 is 1.75 bits per heavy atom. The first kappa shape index (κ1) is 18.7. The quantitative estimate of drug-likeness (QED) is 0.263. The molecule has 118 valence electrons. The van der Waals surface area contributed by atoms with Gasteiger partial charge in [0.25, 0.3) is 0 Å². The Labute approximate surface area is 123 Å². The first-order valence-corrected chi connectivity index (χ1v) is 7.68. The molecule has 0 aliphatic rings. The molecule has 0 aliphatic carbocycles. The highest BCUT2D eigenvalue weighted by Crippen LogP contribution is 2.31. The molecule has 5 heteroatoms. The third-order valence-corrected chi connectivity index (χ3v) is 3.95. The van der Waals surface area contributed by atoms with E-state index in [1.165, 1.54) is 0 Å². The Bertz CT molecular complexity index is 321. The zero-order valence-electron chi connectivity index (χ0n) is 13.6. The lowest BCUT2D eigenvalue weighted by molar-refractivity contribution is -0.129. The molecule has 0 radical (unpaired) electrons. The van der Waals surface area contributed by atoms with Crippen LogP contribution in [0.2, 0.25) is 0 Å². The zero-order valence-corrected chi connectivity index (χ0v) is 13.6. The number of amides is 1. The third kappa shape index (κ3) is 4.39. The van der Waals surface area contributed by atoms with Gasteiger partial charge < -0.3 is 16.3 Å². The highest BCUT2D eigenvalue weighted by molar-refractivity contribution is 6.06. The molecule has 0 saturated heterocycles. The number of nitrogens with two attached hydrogens (primary N) is 1. The number of hydrogen-bond donors (Lipinski definition) is 3. The number of amidine groups is 1. The second-order valence-corrected chi connectivity index (χ2v) is 5.80. The van der Waals surface area contributed by atoms with E-state index in [2.05, 4.69) is 31.2 Å². The number of hydrogen-bond acceptors (Lipinski definition) is 3. The molecular weight excluding hydrogens is 254 g/mol. The maximum atomic E-state index is 12.7. The Morgan fingerprint density at radius 3 is 2.05 bits per heavy atom. The van der Waals surface area contributed by atoms with Crippen LogP contribution in [0.15, 0.2) is 5.16 Å². The second kappa shape index (κ2) is 8.82. The van der Waals surface area contributed by atoms with Gasteiger partial charge in [-0.25, -0.2) is 0 Å². The van der Waals surface area contributed by atoms with Crippen LogP contribution in [0.1, 0.15) is 66.7 Å². The molecule has 1 atom stereocenters. The minimum atomic E-state index is -0.888. The van der Waals surface area contributed by atoms with Crippen molar-refractivity contribution >= 4 is 11.7 Å². The summed E-state index contributed by atoms with van der Waals surface area (Å²) < 4.78 is 0. The monoisotopic (exact) mass is 285 g/mol. The molecule has 0 heterocycles. The fourth-order valence-electron chi connectivity index (χ4n) is 2.72. The van der Waals surface area contributed by atoms with Gasteiger partial charge >= 0.3 is 0 Å². The van der Waals surface area contributed by atoms with Gasteiger partial charge in [0.1, 0.15) is 5.41 Å². The molecule has 0 saturated carbocycles. The van der Waals surface area contributed by atoms with E-state index < -0.39 is 5.41 Å². The van der Waals surface area contributed by atoms with Gasteiger partial charge in [-0.05, 0) is 25.2 Å². The lowest BCUT2D eigenvalue weighted by Gasteiger charge is -2.33. The van der Waals surface area contributed by atoms with Crippen molar-refractivity contribution in [1.29, 1.82) is 0 Å². The topological polar surface area (TPSA) is 87.7 Å². The fraction of sp³-hybridized carbons (Fsp3) is 0.867. The summed E-state index contributed by atoms with van der Waals surface area (Å²) in [6, 6.07) is 0.113. The van der Waals surface area contributed by atoms with E-state index in [1.54, 1.807) is 0 Å². The molecule has 0 aliphatic heterocycles. The largest absolute Gasteiger partial charge is 0.409 e. The average molecular weight is 285 g/mol. The smallest absolute Gasteiger partial charge is 0.234 e. The first-order valence-electron chi connectivity index (χ1n) is 7.68. The van der Waals surface area contributed by atoms with Crippen LogP contribution in [-0.2, 0) is 4.79 Å². The highest BCUT2D eigenvalue weighted by Gasteiger charge is 2.42. The van der Waals surface area contributed by atoms with E-state index >= 15 is 0 Å². The van der Waals surface area contributed by atoms with E-state index in [9.17, 15) is 4.79 Å². The standard InChI is InChI=1S/C15H31N3O2/c1-6-9-15(10-7-2,13(16)18-20)14(19)17-12(8-3)11(4)5/h11-12,20H,6-10H2,1-5H3,(H2,16,18)(H,17,19). The molecule has 5 nitrogen and oxygen atoms in total. The van der Waals surface area contributed by atoms with Crippen LogP contribution >= 0.6 is 0 Å². The van der Waals surface area contributed by atoms with Crippen molar-refractivity contribution in [3.05, 3.63) is 0 Å².